The summed E-state index contributed by atoms with van der Waals surface area (Å²) in [4.78, 5) is 24.6. The van der Waals surface area contributed by atoms with Gasteiger partial charge >= 0.3 is 0 Å². The summed E-state index contributed by atoms with van der Waals surface area (Å²) < 4.78 is 5.20. The van der Waals surface area contributed by atoms with Crippen LogP contribution in [0.4, 0.5) is 11.4 Å². The summed E-state index contributed by atoms with van der Waals surface area (Å²) in [6, 6.07) is 12.4. The SMILES string of the molecule is COc1ccc(NC(=O)C(C)Sc2ccccc2Cl)cc1NC(C)=O. The second-order valence-corrected chi connectivity index (χ2v) is 7.07. The minimum Gasteiger partial charge on any atom is -0.495 e. The van der Waals surface area contributed by atoms with Crippen LogP contribution < -0.4 is 15.4 Å². The lowest BCUT2D eigenvalue weighted by molar-refractivity contribution is -0.115. The van der Waals surface area contributed by atoms with E-state index in [1.807, 2.05) is 25.1 Å². The van der Waals surface area contributed by atoms with Crippen LogP contribution in [0.3, 0.4) is 0 Å². The van der Waals surface area contributed by atoms with Gasteiger partial charge in [0.2, 0.25) is 11.8 Å². The first-order valence-corrected chi connectivity index (χ1v) is 8.84. The highest BCUT2D eigenvalue weighted by Crippen LogP contribution is 2.31. The molecule has 1 unspecified atom stereocenters. The van der Waals surface area contributed by atoms with Crippen LogP contribution in [0.25, 0.3) is 0 Å². The molecule has 0 aliphatic carbocycles. The summed E-state index contributed by atoms with van der Waals surface area (Å²) in [6.45, 7) is 3.22. The lowest BCUT2D eigenvalue weighted by atomic mass is 10.2. The number of carbonyl (C=O) groups is 2. The fraction of sp³-hybridized carbons (Fsp3) is 0.222. The average Bonchev–Trinajstić information content (AvgIpc) is 2.56. The van der Waals surface area contributed by atoms with E-state index >= 15 is 0 Å². The zero-order valence-corrected chi connectivity index (χ0v) is 15.7. The number of carbonyl (C=O) groups excluding carboxylic acids is 2. The van der Waals surface area contributed by atoms with Crippen molar-refractivity contribution in [2.24, 2.45) is 0 Å². The van der Waals surface area contributed by atoms with Crippen LogP contribution in [0, 0.1) is 0 Å². The minimum atomic E-state index is -0.341. The molecule has 2 N–H and O–H groups in total. The van der Waals surface area contributed by atoms with Crippen LogP contribution in [0.15, 0.2) is 47.4 Å². The van der Waals surface area contributed by atoms with Crippen molar-refractivity contribution >= 4 is 46.6 Å². The van der Waals surface area contributed by atoms with Gasteiger partial charge in [-0.05, 0) is 37.3 Å². The molecule has 0 fully saturated rings. The van der Waals surface area contributed by atoms with Gasteiger partial charge in [-0.2, -0.15) is 0 Å². The molecule has 132 valence electrons. The maximum atomic E-state index is 12.4. The molecule has 1 atom stereocenters. The molecule has 2 amide bonds. The molecule has 0 saturated carbocycles. The number of amides is 2. The monoisotopic (exact) mass is 378 g/mol. The normalized spacial score (nSPS) is 11.5. The molecule has 25 heavy (non-hydrogen) atoms. The van der Waals surface area contributed by atoms with Crippen molar-refractivity contribution < 1.29 is 14.3 Å². The number of benzene rings is 2. The van der Waals surface area contributed by atoms with E-state index in [9.17, 15) is 9.59 Å². The number of methoxy groups -OCH3 is 1. The summed E-state index contributed by atoms with van der Waals surface area (Å²) in [5.74, 6) is 0.139. The maximum absolute atomic E-state index is 12.4. The van der Waals surface area contributed by atoms with Gasteiger partial charge in [-0.15, -0.1) is 11.8 Å². The van der Waals surface area contributed by atoms with Crippen LogP contribution in [-0.2, 0) is 9.59 Å². The van der Waals surface area contributed by atoms with E-state index in [1.165, 1.54) is 25.8 Å². The Hall–Kier alpha value is -2.18. The van der Waals surface area contributed by atoms with E-state index in [0.717, 1.165) is 4.90 Å². The quantitative estimate of drug-likeness (QED) is 0.730. The molecule has 0 radical (unpaired) electrons. The zero-order valence-electron chi connectivity index (χ0n) is 14.1. The van der Waals surface area contributed by atoms with E-state index < -0.39 is 0 Å². The van der Waals surface area contributed by atoms with Crippen LogP contribution in [0.1, 0.15) is 13.8 Å². The molecule has 5 nitrogen and oxygen atoms in total. The minimum absolute atomic E-state index is 0.163. The Kier molecular flexibility index (Phi) is 6.73. The summed E-state index contributed by atoms with van der Waals surface area (Å²) in [6.07, 6.45) is 0. The Morgan fingerprint density at radius 2 is 1.88 bits per heavy atom. The standard InChI is InChI=1S/C18H19ClN2O3S/c1-11(25-17-7-5-4-6-14(17)19)18(23)21-13-8-9-16(24-3)15(10-13)20-12(2)22/h4-11H,1-3H3,(H,20,22)(H,21,23). The molecule has 2 aromatic carbocycles. The third-order valence-corrected chi connectivity index (χ3v) is 4.91. The van der Waals surface area contributed by atoms with Crippen molar-refractivity contribution in [1.29, 1.82) is 0 Å². The highest BCUT2D eigenvalue weighted by molar-refractivity contribution is 8.00. The highest BCUT2D eigenvalue weighted by Gasteiger charge is 2.17. The van der Waals surface area contributed by atoms with Crippen molar-refractivity contribution in [3.8, 4) is 5.75 Å². The largest absolute Gasteiger partial charge is 0.495 e. The maximum Gasteiger partial charge on any atom is 0.237 e. The van der Waals surface area contributed by atoms with Gasteiger partial charge in [0, 0.05) is 17.5 Å². The Bertz CT molecular complexity index is 783. The first-order valence-electron chi connectivity index (χ1n) is 7.58. The van der Waals surface area contributed by atoms with Gasteiger partial charge in [-0.3, -0.25) is 9.59 Å². The van der Waals surface area contributed by atoms with E-state index in [1.54, 1.807) is 24.3 Å². The summed E-state index contributed by atoms with van der Waals surface area (Å²) in [5.41, 5.74) is 1.07. The molecule has 0 heterocycles. The highest BCUT2D eigenvalue weighted by atomic mass is 35.5. The van der Waals surface area contributed by atoms with Gasteiger partial charge in [-0.1, -0.05) is 23.7 Å². The summed E-state index contributed by atoms with van der Waals surface area (Å²) in [7, 11) is 1.52. The van der Waals surface area contributed by atoms with Gasteiger partial charge in [-0.25, -0.2) is 0 Å². The van der Waals surface area contributed by atoms with Gasteiger partial charge in [0.05, 0.1) is 23.1 Å². The predicted molar refractivity (Wildman–Crippen MR) is 103 cm³/mol. The van der Waals surface area contributed by atoms with Gasteiger partial charge in [0.1, 0.15) is 5.75 Å². The molecule has 7 heteroatoms. The van der Waals surface area contributed by atoms with Crippen molar-refractivity contribution in [1.82, 2.24) is 0 Å². The number of rotatable bonds is 6. The third kappa shape index (κ3) is 5.41. The molecule has 2 rings (SSSR count). The fourth-order valence-electron chi connectivity index (χ4n) is 2.10. The number of hydrogen-bond donors (Lipinski definition) is 2. The van der Waals surface area contributed by atoms with E-state index in [2.05, 4.69) is 10.6 Å². The van der Waals surface area contributed by atoms with Crippen molar-refractivity contribution in [2.45, 2.75) is 24.0 Å². The average molecular weight is 379 g/mol. The fourth-order valence-corrected chi connectivity index (χ4v) is 3.26. The Balaban J connectivity index is 2.09. The van der Waals surface area contributed by atoms with Gasteiger partial charge in [0.15, 0.2) is 0 Å². The molecule has 2 aromatic rings. The lowest BCUT2D eigenvalue weighted by Crippen LogP contribution is -2.22. The summed E-state index contributed by atoms with van der Waals surface area (Å²) in [5, 5.41) is 5.79. The van der Waals surface area contributed by atoms with E-state index in [4.69, 9.17) is 16.3 Å². The molecular formula is C18H19ClN2O3S. The topological polar surface area (TPSA) is 67.4 Å². The second-order valence-electron chi connectivity index (χ2n) is 5.28. The van der Waals surface area contributed by atoms with Crippen molar-refractivity contribution in [2.75, 3.05) is 17.7 Å². The third-order valence-electron chi connectivity index (χ3n) is 3.29. The number of halogens is 1. The molecule has 0 aliphatic heterocycles. The van der Waals surface area contributed by atoms with Crippen LogP contribution >= 0.6 is 23.4 Å². The zero-order chi connectivity index (χ0) is 18.4. The number of nitrogens with one attached hydrogen (secondary N) is 2. The smallest absolute Gasteiger partial charge is 0.237 e. The molecule has 0 spiro atoms. The number of ether oxygens (including phenoxy) is 1. The molecule has 0 aromatic heterocycles. The number of thioether (sulfide) groups is 1. The van der Waals surface area contributed by atoms with Crippen LogP contribution in [0.5, 0.6) is 5.75 Å². The lowest BCUT2D eigenvalue weighted by Gasteiger charge is -2.15. The number of anilines is 2. The Morgan fingerprint density at radius 3 is 2.52 bits per heavy atom. The molecular weight excluding hydrogens is 360 g/mol. The second kappa shape index (κ2) is 8.78. The Morgan fingerprint density at radius 1 is 1.16 bits per heavy atom. The van der Waals surface area contributed by atoms with E-state index in [-0.39, 0.29) is 17.1 Å². The van der Waals surface area contributed by atoms with E-state index in [0.29, 0.717) is 22.1 Å². The Labute approximate surface area is 156 Å². The molecule has 0 saturated heterocycles. The summed E-state index contributed by atoms with van der Waals surface area (Å²) >= 11 is 7.51. The molecule has 0 aliphatic rings. The first kappa shape index (κ1) is 19.1. The number of hydrogen-bond acceptors (Lipinski definition) is 4. The van der Waals surface area contributed by atoms with Crippen molar-refractivity contribution in [3.63, 3.8) is 0 Å². The van der Waals surface area contributed by atoms with Crippen molar-refractivity contribution in [3.05, 3.63) is 47.5 Å². The first-order chi connectivity index (χ1) is 11.9. The van der Waals surface area contributed by atoms with Crippen LogP contribution in [0.2, 0.25) is 5.02 Å². The van der Waals surface area contributed by atoms with Crippen LogP contribution in [-0.4, -0.2) is 24.2 Å². The predicted octanol–water partition coefficient (Wildman–Crippen LogP) is 4.43. The molecule has 0 bridgehead atoms. The van der Waals surface area contributed by atoms with Gasteiger partial charge in [0.25, 0.3) is 0 Å². The van der Waals surface area contributed by atoms with Gasteiger partial charge < -0.3 is 15.4 Å².